The van der Waals surface area contributed by atoms with Crippen LogP contribution in [0.3, 0.4) is 0 Å². The van der Waals surface area contributed by atoms with Gasteiger partial charge in [0.2, 0.25) is 0 Å². The molecule has 0 aromatic carbocycles. The molecule has 0 radical (unpaired) electrons. The summed E-state index contributed by atoms with van der Waals surface area (Å²) in [7, 11) is -0.400. The number of halogens is 1. The summed E-state index contributed by atoms with van der Waals surface area (Å²) in [4.78, 5) is 0. The summed E-state index contributed by atoms with van der Waals surface area (Å²) < 4.78 is 16.7. The molecule has 20 heavy (non-hydrogen) atoms. The van der Waals surface area contributed by atoms with E-state index in [1.807, 2.05) is 0 Å². The summed E-state index contributed by atoms with van der Waals surface area (Å²) in [5.41, 5.74) is 0. The Kier molecular flexibility index (Phi) is 6.47. The molecule has 0 unspecified atom stereocenters. The molecule has 0 aromatic rings. The zero-order valence-electron chi connectivity index (χ0n) is 13.1. The first kappa shape index (κ1) is 18.8. The predicted octanol–water partition coefficient (Wildman–Crippen LogP) is 1.90. The fourth-order valence-corrected chi connectivity index (χ4v) is 3.55. The van der Waals surface area contributed by atoms with E-state index in [-0.39, 0.29) is 15.1 Å². The van der Waals surface area contributed by atoms with Gasteiger partial charge >= 0.3 is 0 Å². The van der Waals surface area contributed by atoms with Gasteiger partial charge in [0.1, 0.15) is 6.10 Å². The van der Waals surface area contributed by atoms with Gasteiger partial charge in [0, 0.05) is 7.11 Å². The van der Waals surface area contributed by atoms with Crippen molar-refractivity contribution in [3.63, 3.8) is 0 Å². The Labute approximate surface area is 136 Å². The first-order chi connectivity index (χ1) is 9.01. The predicted molar refractivity (Wildman–Crippen MR) is 88.6 cm³/mol. The third-order valence-corrected chi connectivity index (χ3v) is 10.3. The van der Waals surface area contributed by atoms with Crippen molar-refractivity contribution >= 4 is 30.9 Å². The Hall–Kier alpha value is 0.747. The van der Waals surface area contributed by atoms with Crippen molar-refractivity contribution in [3.8, 4) is 0 Å². The van der Waals surface area contributed by atoms with E-state index in [2.05, 4.69) is 56.5 Å². The zero-order chi connectivity index (χ0) is 15.7. The lowest BCUT2D eigenvalue weighted by molar-refractivity contribution is -0.256. The maximum Gasteiger partial charge on any atom is 0.192 e. The van der Waals surface area contributed by atoms with E-state index in [9.17, 15) is 10.2 Å². The van der Waals surface area contributed by atoms with Crippen LogP contribution >= 0.6 is 22.6 Å². The molecular weight excluding hydrogens is 391 g/mol. The highest BCUT2D eigenvalue weighted by molar-refractivity contribution is 14.1. The zero-order valence-corrected chi connectivity index (χ0v) is 16.2. The second-order valence-electron chi connectivity index (χ2n) is 6.78. The first-order valence-corrected chi connectivity index (χ1v) is 11.0. The highest BCUT2D eigenvalue weighted by atomic mass is 127. The number of hydrogen-bond donors (Lipinski definition) is 2. The second-order valence-corrected chi connectivity index (χ2v) is 13.0. The van der Waals surface area contributed by atoms with Gasteiger partial charge in [-0.1, -0.05) is 43.4 Å². The standard InChI is InChI=1S/C13H27IO5Si/c1-13(2,3)20(5,6)18-7-8-9(14)10(15)11(16)12(17-4)19-8/h8-12,15-16H,7H2,1-6H3/t8-,9-,10+,11-,12-/m1/s1. The van der Waals surface area contributed by atoms with Gasteiger partial charge in [-0.2, -0.15) is 0 Å². The Morgan fingerprint density at radius 3 is 2.20 bits per heavy atom. The lowest BCUT2D eigenvalue weighted by Gasteiger charge is -2.42. The molecule has 1 saturated heterocycles. The topological polar surface area (TPSA) is 68.2 Å². The van der Waals surface area contributed by atoms with Gasteiger partial charge in [0.15, 0.2) is 14.6 Å². The molecule has 2 N–H and O–H groups in total. The van der Waals surface area contributed by atoms with E-state index >= 15 is 0 Å². The first-order valence-electron chi connectivity index (χ1n) is 6.83. The van der Waals surface area contributed by atoms with Crippen molar-refractivity contribution in [1.29, 1.82) is 0 Å². The molecule has 0 bridgehead atoms. The normalized spacial score (nSPS) is 36.1. The average molecular weight is 418 g/mol. The Morgan fingerprint density at radius 1 is 1.20 bits per heavy atom. The Morgan fingerprint density at radius 2 is 1.75 bits per heavy atom. The van der Waals surface area contributed by atoms with Gasteiger partial charge in [0.05, 0.1) is 22.7 Å². The van der Waals surface area contributed by atoms with Crippen molar-refractivity contribution in [1.82, 2.24) is 0 Å². The maximum atomic E-state index is 10.0. The molecular formula is C13H27IO5Si. The lowest BCUT2D eigenvalue weighted by Crippen LogP contribution is -2.57. The molecule has 1 fully saturated rings. The maximum absolute atomic E-state index is 10.0. The van der Waals surface area contributed by atoms with Gasteiger partial charge < -0.3 is 24.1 Å². The van der Waals surface area contributed by atoms with Crippen molar-refractivity contribution < 1.29 is 24.1 Å². The molecule has 1 rings (SSSR count). The number of aliphatic hydroxyl groups is 2. The minimum absolute atomic E-state index is 0.126. The van der Waals surface area contributed by atoms with Crippen LogP contribution in [0.25, 0.3) is 0 Å². The largest absolute Gasteiger partial charge is 0.414 e. The fourth-order valence-electron chi connectivity index (χ4n) is 1.73. The summed E-state index contributed by atoms with van der Waals surface area (Å²) in [5.74, 6) is 0. The summed E-state index contributed by atoms with van der Waals surface area (Å²) in [6.07, 6.45) is -2.98. The van der Waals surface area contributed by atoms with Gasteiger partial charge in [-0.05, 0) is 18.1 Å². The van der Waals surface area contributed by atoms with E-state index < -0.39 is 26.8 Å². The van der Waals surface area contributed by atoms with E-state index in [1.165, 1.54) is 7.11 Å². The molecule has 1 heterocycles. The van der Waals surface area contributed by atoms with Crippen molar-refractivity contribution in [2.75, 3.05) is 13.7 Å². The van der Waals surface area contributed by atoms with E-state index in [0.29, 0.717) is 6.61 Å². The lowest BCUT2D eigenvalue weighted by atomic mass is 10.0. The van der Waals surface area contributed by atoms with Gasteiger partial charge in [-0.15, -0.1) is 0 Å². The number of methoxy groups -OCH3 is 1. The molecule has 0 saturated carbocycles. The van der Waals surface area contributed by atoms with E-state index in [1.54, 1.807) is 0 Å². The third kappa shape index (κ3) is 4.14. The number of hydrogen-bond acceptors (Lipinski definition) is 5. The van der Waals surface area contributed by atoms with Crippen LogP contribution in [0, 0.1) is 0 Å². The van der Waals surface area contributed by atoms with E-state index in [0.717, 1.165) is 0 Å². The van der Waals surface area contributed by atoms with Crippen LogP contribution in [-0.4, -0.2) is 60.8 Å². The van der Waals surface area contributed by atoms with Crippen molar-refractivity contribution in [3.05, 3.63) is 0 Å². The summed E-state index contributed by atoms with van der Waals surface area (Å²) in [6.45, 7) is 11.3. The van der Waals surface area contributed by atoms with Crippen LogP contribution in [0.5, 0.6) is 0 Å². The van der Waals surface area contributed by atoms with Crippen LogP contribution in [0.15, 0.2) is 0 Å². The summed E-state index contributed by atoms with van der Waals surface area (Å²) in [5, 5.41) is 20.0. The van der Waals surface area contributed by atoms with Crippen LogP contribution < -0.4 is 0 Å². The quantitative estimate of drug-likeness (QED) is 0.415. The molecule has 0 amide bonds. The monoisotopic (exact) mass is 418 g/mol. The molecule has 0 spiro atoms. The fraction of sp³-hybridized carbons (Fsp3) is 1.00. The molecule has 7 heteroatoms. The minimum atomic E-state index is -1.86. The third-order valence-electron chi connectivity index (χ3n) is 4.27. The Balaban J connectivity index is 2.68. The van der Waals surface area contributed by atoms with Gasteiger partial charge in [0.25, 0.3) is 0 Å². The number of aliphatic hydroxyl groups excluding tert-OH is 2. The number of rotatable bonds is 4. The highest BCUT2D eigenvalue weighted by Crippen LogP contribution is 2.37. The van der Waals surface area contributed by atoms with Crippen LogP contribution in [0.2, 0.25) is 18.1 Å². The molecule has 0 aliphatic carbocycles. The SMILES string of the molecule is CO[C@@H]1O[C@H](CO[Si](C)(C)C(C)(C)C)[C@@H](I)[C@H](O)[C@H]1O. The number of ether oxygens (including phenoxy) is 2. The summed E-state index contributed by atoms with van der Waals surface area (Å²) in [6, 6.07) is 0. The highest BCUT2D eigenvalue weighted by Gasteiger charge is 2.45. The molecule has 5 atom stereocenters. The van der Waals surface area contributed by atoms with E-state index in [4.69, 9.17) is 13.9 Å². The van der Waals surface area contributed by atoms with Gasteiger partial charge in [-0.25, -0.2) is 0 Å². The van der Waals surface area contributed by atoms with Crippen LogP contribution in [-0.2, 0) is 13.9 Å². The van der Waals surface area contributed by atoms with Crippen LogP contribution in [0.4, 0.5) is 0 Å². The Bertz CT molecular complexity index is 318. The molecule has 1 aliphatic heterocycles. The second kappa shape index (κ2) is 6.89. The number of alkyl halides is 1. The van der Waals surface area contributed by atoms with Crippen molar-refractivity contribution in [2.45, 2.75) is 67.4 Å². The molecule has 0 aromatic heterocycles. The van der Waals surface area contributed by atoms with Gasteiger partial charge in [-0.3, -0.25) is 0 Å². The molecule has 120 valence electrons. The minimum Gasteiger partial charge on any atom is -0.414 e. The molecule has 1 aliphatic rings. The smallest absolute Gasteiger partial charge is 0.192 e. The summed E-state index contributed by atoms with van der Waals surface area (Å²) >= 11 is 2.10. The van der Waals surface area contributed by atoms with Crippen LogP contribution in [0.1, 0.15) is 20.8 Å². The van der Waals surface area contributed by atoms with Crippen molar-refractivity contribution in [2.24, 2.45) is 0 Å². The molecule has 5 nitrogen and oxygen atoms in total. The average Bonchev–Trinajstić information content (AvgIpc) is 2.34.